The smallest absolute Gasteiger partial charge is 0.273 e. The third-order valence-electron chi connectivity index (χ3n) is 4.16. The van der Waals surface area contributed by atoms with Crippen LogP contribution < -0.4 is 0 Å². The van der Waals surface area contributed by atoms with Crippen LogP contribution in [0.2, 0.25) is 0 Å². The predicted octanol–water partition coefficient (Wildman–Crippen LogP) is 2.10. The number of alkyl halides is 2. The second-order valence-electron chi connectivity index (χ2n) is 5.66. The summed E-state index contributed by atoms with van der Waals surface area (Å²) in [5, 5.41) is 20.5. The first-order valence-corrected chi connectivity index (χ1v) is 7.62. The van der Waals surface area contributed by atoms with Crippen LogP contribution in [-0.2, 0) is 0 Å². The summed E-state index contributed by atoms with van der Waals surface area (Å²) in [5.74, 6) is -0.921. The zero-order valence-electron chi connectivity index (χ0n) is 13.2. The number of halogens is 2. The summed E-state index contributed by atoms with van der Waals surface area (Å²) in [6.45, 7) is 2.39. The van der Waals surface area contributed by atoms with Gasteiger partial charge >= 0.3 is 0 Å². The van der Waals surface area contributed by atoms with Gasteiger partial charge in [0, 0.05) is 31.7 Å². The fourth-order valence-electron chi connectivity index (χ4n) is 2.87. The number of nitrogens with zero attached hydrogens (tertiary/aromatic N) is 3. The number of phenols is 1. The highest BCUT2D eigenvalue weighted by molar-refractivity contribution is 5.97. The van der Waals surface area contributed by atoms with Gasteiger partial charge in [-0.2, -0.15) is 0 Å². The first-order valence-electron chi connectivity index (χ1n) is 7.62. The second-order valence-corrected chi connectivity index (χ2v) is 5.66. The van der Waals surface area contributed by atoms with Crippen LogP contribution in [0.15, 0.2) is 18.2 Å². The molecule has 0 bridgehead atoms. The van der Waals surface area contributed by atoms with Gasteiger partial charge in [0.2, 0.25) is 0 Å². The highest BCUT2D eigenvalue weighted by Crippen LogP contribution is 2.26. The SMILES string of the molecule is CCC1CN(C(=O)c2ccc([N+](=O)[O-])cc2O)CCN1CC(F)F. The zero-order chi connectivity index (χ0) is 17.9. The van der Waals surface area contributed by atoms with Crippen molar-refractivity contribution in [3.63, 3.8) is 0 Å². The van der Waals surface area contributed by atoms with Gasteiger partial charge in [0.05, 0.1) is 23.1 Å². The molecule has 1 heterocycles. The number of nitro groups is 1. The van der Waals surface area contributed by atoms with E-state index in [0.717, 1.165) is 12.1 Å². The predicted molar refractivity (Wildman–Crippen MR) is 82.3 cm³/mol. The van der Waals surface area contributed by atoms with Gasteiger partial charge in [0.25, 0.3) is 18.0 Å². The molecular formula is C15H19F2N3O4. The van der Waals surface area contributed by atoms with Crippen LogP contribution in [0.3, 0.4) is 0 Å². The molecule has 1 aromatic carbocycles. The molecule has 1 fully saturated rings. The molecule has 1 saturated heterocycles. The second kappa shape index (κ2) is 7.52. The lowest BCUT2D eigenvalue weighted by molar-refractivity contribution is -0.384. The standard InChI is InChI=1S/C15H19F2N3O4/c1-2-10-8-19(6-5-18(10)9-14(16)17)15(22)12-4-3-11(20(23)24)7-13(12)21/h3-4,7,10,14,21H,2,5-6,8-9H2,1H3. The minimum Gasteiger partial charge on any atom is -0.507 e. The van der Waals surface area contributed by atoms with E-state index >= 15 is 0 Å². The van der Waals surface area contributed by atoms with Crippen molar-refractivity contribution in [1.29, 1.82) is 0 Å². The summed E-state index contributed by atoms with van der Waals surface area (Å²) in [6.07, 6.45) is -1.82. The Balaban J connectivity index is 2.12. The maximum absolute atomic E-state index is 12.6. The van der Waals surface area contributed by atoms with Gasteiger partial charge in [-0.25, -0.2) is 8.78 Å². The maximum atomic E-state index is 12.6. The molecular weight excluding hydrogens is 324 g/mol. The van der Waals surface area contributed by atoms with Crippen molar-refractivity contribution in [2.75, 3.05) is 26.2 Å². The molecule has 0 spiro atoms. The van der Waals surface area contributed by atoms with Crippen molar-refractivity contribution in [1.82, 2.24) is 9.80 Å². The van der Waals surface area contributed by atoms with E-state index in [9.17, 15) is 28.8 Å². The molecule has 1 amide bonds. The topological polar surface area (TPSA) is 86.9 Å². The Kier molecular flexibility index (Phi) is 5.66. The minimum absolute atomic E-state index is 0.0298. The van der Waals surface area contributed by atoms with Crippen LogP contribution in [0, 0.1) is 10.1 Å². The molecule has 132 valence electrons. The van der Waals surface area contributed by atoms with Gasteiger partial charge in [-0.3, -0.25) is 19.8 Å². The number of amides is 1. The first-order chi connectivity index (χ1) is 11.3. The number of nitro benzene ring substituents is 1. The third-order valence-corrected chi connectivity index (χ3v) is 4.16. The average molecular weight is 343 g/mol. The van der Waals surface area contributed by atoms with E-state index in [0.29, 0.717) is 13.0 Å². The first kappa shape index (κ1) is 18.1. The molecule has 0 aliphatic carbocycles. The summed E-state index contributed by atoms with van der Waals surface area (Å²) in [6, 6.07) is 3.11. The van der Waals surface area contributed by atoms with Crippen LogP contribution in [0.4, 0.5) is 14.5 Å². The number of non-ortho nitro benzene ring substituents is 1. The summed E-state index contributed by atoms with van der Waals surface area (Å²) in [5.41, 5.74) is -0.338. The van der Waals surface area contributed by atoms with Crippen molar-refractivity contribution < 1.29 is 23.6 Å². The van der Waals surface area contributed by atoms with Gasteiger partial charge in [0.1, 0.15) is 5.75 Å². The molecule has 0 saturated carbocycles. The number of phenolic OH excluding ortho intramolecular Hbond substituents is 1. The summed E-state index contributed by atoms with van der Waals surface area (Å²) in [7, 11) is 0. The molecule has 24 heavy (non-hydrogen) atoms. The van der Waals surface area contributed by atoms with Crippen LogP contribution in [0.1, 0.15) is 23.7 Å². The van der Waals surface area contributed by atoms with Crippen LogP contribution >= 0.6 is 0 Å². The van der Waals surface area contributed by atoms with E-state index in [-0.39, 0.29) is 36.9 Å². The van der Waals surface area contributed by atoms with E-state index in [4.69, 9.17) is 0 Å². The van der Waals surface area contributed by atoms with Crippen molar-refractivity contribution >= 4 is 11.6 Å². The largest absolute Gasteiger partial charge is 0.507 e. The Hall–Kier alpha value is -2.29. The Morgan fingerprint density at radius 3 is 2.71 bits per heavy atom. The third kappa shape index (κ3) is 3.97. The van der Waals surface area contributed by atoms with E-state index in [1.54, 1.807) is 4.90 Å². The summed E-state index contributed by atoms with van der Waals surface area (Å²) in [4.78, 5) is 25.7. The molecule has 0 aromatic heterocycles. The number of aromatic hydroxyl groups is 1. The molecule has 0 radical (unpaired) electrons. The quantitative estimate of drug-likeness (QED) is 0.653. The molecule has 1 atom stereocenters. The monoisotopic (exact) mass is 343 g/mol. The van der Waals surface area contributed by atoms with Gasteiger partial charge in [-0.15, -0.1) is 0 Å². The Bertz CT molecular complexity index is 627. The van der Waals surface area contributed by atoms with Crippen LogP contribution in [0.5, 0.6) is 5.75 Å². The lowest BCUT2D eigenvalue weighted by Gasteiger charge is -2.41. The summed E-state index contributed by atoms with van der Waals surface area (Å²) < 4.78 is 25.2. The molecule has 1 aliphatic heterocycles. The number of hydrogen-bond donors (Lipinski definition) is 1. The summed E-state index contributed by atoms with van der Waals surface area (Å²) >= 11 is 0. The lowest BCUT2D eigenvalue weighted by Crippen LogP contribution is -2.55. The Morgan fingerprint density at radius 2 is 2.17 bits per heavy atom. The van der Waals surface area contributed by atoms with Crippen molar-refractivity contribution in [2.45, 2.75) is 25.8 Å². The molecule has 2 rings (SSSR count). The van der Waals surface area contributed by atoms with Crippen LogP contribution in [-0.4, -0.2) is 64.4 Å². The van der Waals surface area contributed by atoms with E-state index in [2.05, 4.69) is 0 Å². The highest BCUT2D eigenvalue weighted by atomic mass is 19.3. The Labute approximate surface area is 137 Å². The lowest BCUT2D eigenvalue weighted by atomic mass is 10.1. The van der Waals surface area contributed by atoms with Gasteiger partial charge in [-0.1, -0.05) is 6.92 Å². The van der Waals surface area contributed by atoms with Crippen molar-refractivity contribution in [2.24, 2.45) is 0 Å². The average Bonchev–Trinajstić information content (AvgIpc) is 2.53. The number of benzene rings is 1. The molecule has 1 aliphatic rings. The minimum atomic E-state index is -2.43. The fraction of sp³-hybridized carbons (Fsp3) is 0.533. The number of carbonyl (C=O) groups excluding carboxylic acids is 1. The molecule has 9 heteroatoms. The maximum Gasteiger partial charge on any atom is 0.273 e. The van der Waals surface area contributed by atoms with E-state index in [1.807, 2.05) is 6.92 Å². The zero-order valence-corrected chi connectivity index (χ0v) is 13.2. The number of piperazine rings is 1. The fourth-order valence-corrected chi connectivity index (χ4v) is 2.87. The van der Waals surface area contributed by atoms with Crippen molar-refractivity contribution in [3.05, 3.63) is 33.9 Å². The van der Waals surface area contributed by atoms with Crippen LogP contribution in [0.25, 0.3) is 0 Å². The molecule has 7 nitrogen and oxygen atoms in total. The van der Waals surface area contributed by atoms with Crippen molar-refractivity contribution in [3.8, 4) is 5.75 Å². The number of rotatable bonds is 5. The highest BCUT2D eigenvalue weighted by Gasteiger charge is 2.31. The number of hydrogen-bond acceptors (Lipinski definition) is 5. The number of carbonyl (C=O) groups is 1. The van der Waals surface area contributed by atoms with E-state index < -0.39 is 23.0 Å². The molecule has 1 unspecified atom stereocenters. The molecule has 1 N–H and O–H groups in total. The van der Waals surface area contributed by atoms with E-state index in [1.165, 1.54) is 11.0 Å². The Morgan fingerprint density at radius 1 is 1.46 bits per heavy atom. The molecule has 1 aromatic rings. The van der Waals surface area contributed by atoms with Gasteiger partial charge in [-0.05, 0) is 12.5 Å². The van der Waals surface area contributed by atoms with Gasteiger partial charge < -0.3 is 10.0 Å². The normalized spacial score (nSPS) is 18.8. The van der Waals surface area contributed by atoms with Gasteiger partial charge in [0.15, 0.2) is 0 Å².